The summed E-state index contributed by atoms with van der Waals surface area (Å²) in [4.78, 5) is 18.9. The first-order chi connectivity index (χ1) is 13.6. The molecular formula is C17H25ClN4O7. The molecule has 2 N–H and O–H groups in total. The molecule has 1 aliphatic heterocycles. The third-order valence-corrected chi connectivity index (χ3v) is 4.81. The van der Waals surface area contributed by atoms with Gasteiger partial charge in [-0.15, -0.1) is 0 Å². The predicted molar refractivity (Wildman–Crippen MR) is 102 cm³/mol. The molecule has 1 aromatic heterocycles. The highest BCUT2D eigenvalue weighted by Gasteiger charge is 2.55. The topological polar surface area (TPSA) is 138 Å². The van der Waals surface area contributed by atoms with Crippen molar-refractivity contribution in [3.63, 3.8) is 0 Å². The molecule has 0 aromatic carbocycles. The number of nitro groups is 1. The maximum atomic E-state index is 11.5. The lowest BCUT2D eigenvalue weighted by Crippen LogP contribution is -2.35. The molecule has 0 amide bonds. The van der Waals surface area contributed by atoms with E-state index < -0.39 is 47.0 Å². The summed E-state index contributed by atoms with van der Waals surface area (Å²) in [5.41, 5.74) is -0.454. The molecule has 2 aliphatic rings. The van der Waals surface area contributed by atoms with Crippen molar-refractivity contribution in [3.8, 4) is 6.01 Å². The SMILES string of the molecule is CCCOc1nc(Cl)c([N+](=O)[O-])c(N[C@@H]2C[C@H](OC(C)O)[C@H]3OC(C)(C)O[C@H]32)n1. The average Bonchev–Trinajstić information content (AvgIpc) is 3.06. The quantitative estimate of drug-likeness (QED) is 0.272. The highest BCUT2D eigenvalue weighted by Crippen LogP contribution is 2.42. The van der Waals surface area contributed by atoms with E-state index >= 15 is 0 Å². The molecule has 0 radical (unpaired) electrons. The minimum Gasteiger partial charge on any atom is -0.463 e. The molecular weight excluding hydrogens is 408 g/mol. The van der Waals surface area contributed by atoms with Gasteiger partial charge in [-0.25, -0.2) is 0 Å². The van der Waals surface area contributed by atoms with Gasteiger partial charge in [0, 0.05) is 0 Å². The molecule has 0 bridgehead atoms. The molecule has 3 rings (SSSR count). The zero-order chi connectivity index (χ0) is 21.3. The van der Waals surface area contributed by atoms with Gasteiger partial charge in [-0.05, 0) is 33.6 Å². The molecule has 5 atom stereocenters. The van der Waals surface area contributed by atoms with E-state index in [2.05, 4.69) is 15.3 Å². The summed E-state index contributed by atoms with van der Waals surface area (Å²) >= 11 is 6.02. The molecule has 2 fully saturated rings. The lowest BCUT2D eigenvalue weighted by atomic mass is 10.2. The van der Waals surface area contributed by atoms with Gasteiger partial charge in [-0.2, -0.15) is 9.97 Å². The van der Waals surface area contributed by atoms with Gasteiger partial charge >= 0.3 is 11.7 Å². The van der Waals surface area contributed by atoms with Crippen LogP contribution in [-0.4, -0.2) is 63.0 Å². The first-order valence-corrected chi connectivity index (χ1v) is 9.79. The number of aromatic nitrogens is 2. The number of hydrogen-bond donors (Lipinski definition) is 2. The number of nitrogens with zero attached hydrogens (tertiary/aromatic N) is 3. The number of rotatable bonds is 8. The van der Waals surface area contributed by atoms with Gasteiger partial charge in [-0.1, -0.05) is 18.5 Å². The minimum atomic E-state index is -0.997. The van der Waals surface area contributed by atoms with Crippen LogP contribution in [0.2, 0.25) is 5.15 Å². The van der Waals surface area contributed by atoms with E-state index in [1.54, 1.807) is 13.8 Å². The van der Waals surface area contributed by atoms with Crippen molar-refractivity contribution >= 4 is 23.1 Å². The van der Waals surface area contributed by atoms with E-state index in [1.807, 2.05) is 6.92 Å². The number of anilines is 1. The summed E-state index contributed by atoms with van der Waals surface area (Å²) in [5, 5.41) is 23.9. The fraction of sp³-hybridized carbons (Fsp3) is 0.765. The molecule has 12 heteroatoms. The molecule has 162 valence electrons. The van der Waals surface area contributed by atoms with E-state index in [4.69, 9.17) is 30.5 Å². The Morgan fingerprint density at radius 2 is 2.10 bits per heavy atom. The third-order valence-electron chi connectivity index (χ3n) is 4.55. The van der Waals surface area contributed by atoms with Crippen LogP contribution >= 0.6 is 11.6 Å². The summed E-state index contributed by atoms with van der Waals surface area (Å²) in [6.45, 7) is 7.29. The smallest absolute Gasteiger partial charge is 0.348 e. The lowest BCUT2D eigenvalue weighted by Gasteiger charge is -2.24. The fourth-order valence-electron chi connectivity index (χ4n) is 3.57. The summed E-state index contributed by atoms with van der Waals surface area (Å²) < 4.78 is 22.8. The Bertz CT molecular complexity index is 764. The van der Waals surface area contributed by atoms with Crippen molar-refractivity contribution in [1.29, 1.82) is 0 Å². The highest BCUT2D eigenvalue weighted by atomic mass is 35.5. The second-order valence-corrected chi connectivity index (χ2v) is 7.78. The lowest BCUT2D eigenvalue weighted by molar-refractivity contribution is -0.384. The average molecular weight is 433 g/mol. The second-order valence-electron chi connectivity index (χ2n) is 7.42. The van der Waals surface area contributed by atoms with Gasteiger partial charge in [0.05, 0.1) is 23.7 Å². The zero-order valence-electron chi connectivity index (χ0n) is 16.6. The largest absolute Gasteiger partial charge is 0.463 e. The predicted octanol–water partition coefficient (Wildman–Crippen LogP) is 2.25. The molecule has 1 unspecified atom stereocenters. The Morgan fingerprint density at radius 1 is 1.41 bits per heavy atom. The first kappa shape index (κ1) is 21.9. The van der Waals surface area contributed by atoms with E-state index in [-0.39, 0.29) is 17.0 Å². The van der Waals surface area contributed by atoms with Crippen LogP contribution in [0.25, 0.3) is 0 Å². The number of fused-ring (bicyclic) bond motifs is 1. The number of aliphatic hydroxyl groups is 1. The number of ether oxygens (including phenoxy) is 4. The molecule has 11 nitrogen and oxygen atoms in total. The van der Waals surface area contributed by atoms with Crippen molar-refractivity contribution in [2.24, 2.45) is 0 Å². The standard InChI is InChI=1S/C17H25ClN4O7/c1-5-6-26-16-20-14(18)11(22(24)25)15(21-16)19-9-7-10(27-8(2)23)13-12(9)28-17(3,4)29-13/h8-10,12-13,23H,5-7H2,1-4H3,(H,19,20,21)/t8?,9-,10+,12+,13-/m1/s1. The molecule has 1 saturated carbocycles. The van der Waals surface area contributed by atoms with Crippen LogP contribution in [-0.2, 0) is 14.2 Å². The maximum Gasteiger partial charge on any atom is 0.348 e. The van der Waals surface area contributed by atoms with Crippen LogP contribution in [0, 0.1) is 10.1 Å². The van der Waals surface area contributed by atoms with Gasteiger partial charge in [0.1, 0.15) is 12.2 Å². The number of nitrogens with one attached hydrogen (secondary N) is 1. The minimum absolute atomic E-state index is 0.0554. The summed E-state index contributed by atoms with van der Waals surface area (Å²) in [7, 11) is 0. The molecule has 1 aromatic rings. The zero-order valence-corrected chi connectivity index (χ0v) is 17.4. The maximum absolute atomic E-state index is 11.5. The van der Waals surface area contributed by atoms with Gasteiger partial charge in [-0.3, -0.25) is 10.1 Å². The van der Waals surface area contributed by atoms with Crippen molar-refractivity contribution in [2.75, 3.05) is 11.9 Å². The normalized spacial score (nSPS) is 28.8. The van der Waals surface area contributed by atoms with Crippen molar-refractivity contribution in [2.45, 2.75) is 77.0 Å². The second kappa shape index (κ2) is 8.52. The van der Waals surface area contributed by atoms with Crippen LogP contribution in [0.5, 0.6) is 6.01 Å². The van der Waals surface area contributed by atoms with Gasteiger partial charge in [0.15, 0.2) is 12.1 Å². The van der Waals surface area contributed by atoms with E-state index in [0.29, 0.717) is 19.4 Å². The molecule has 2 heterocycles. The molecule has 1 aliphatic carbocycles. The number of hydrogen-bond acceptors (Lipinski definition) is 10. The van der Waals surface area contributed by atoms with Crippen LogP contribution < -0.4 is 10.1 Å². The van der Waals surface area contributed by atoms with Crippen molar-refractivity contribution in [1.82, 2.24) is 9.97 Å². The monoisotopic (exact) mass is 432 g/mol. The van der Waals surface area contributed by atoms with E-state index in [1.165, 1.54) is 6.92 Å². The number of halogens is 1. The van der Waals surface area contributed by atoms with Crippen LogP contribution in [0.15, 0.2) is 0 Å². The van der Waals surface area contributed by atoms with Crippen molar-refractivity contribution in [3.05, 3.63) is 15.3 Å². The summed E-state index contributed by atoms with van der Waals surface area (Å²) in [5.74, 6) is -0.934. The summed E-state index contributed by atoms with van der Waals surface area (Å²) in [6, 6.07) is -0.491. The van der Waals surface area contributed by atoms with Crippen LogP contribution in [0.1, 0.15) is 40.5 Å². The van der Waals surface area contributed by atoms with E-state index in [0.717, 1.165) is 0 Å². The Hall–Kier alpha value is -1.79. The Labute approximate surface area is 172 Å². The first-order valence-electron chi connectivity index (χ1n) is 9.41. The summed E-state index contributed by atoms with van der Waals surface area (Å²) in [6.07, 6.45) is -1.30. The van der Waals surface area contributed by atoms with Gasteiger partial charge in [0.2, 0.25) is 11.0 Å². The highest BCUT2D eigenvalue weighted by molar-refractivity contribution is 6.32. The van der Waals surface area contributed by atoms with E-state index in [9.17, 15) is 15.2 Å². The fourth-order valence-corrected chi connectivity index (χ4v) is 3.80. The molecule has 0 spiro atoms. The third kappa shape index (κ3) is 4.86. The molecule has 29 heavy (non-hydrogen) atoms. The van der Waals surface area contributed by atoms with Crippen LogP contribution in [0.4, 0.5) is 11.5 Å². The molecule has 1 saturated heterocycles. The Balaban J connectivity index is 1.89. The Kier molecular flexibility index (Phi) is 6.44. The van der Waals surface area contributed by atoms with Crippen LogP contribution in [0.3, 0.4) is 0 Å². The Morgan fingerprint density at radius 3 is 2.72 bits per heavy atom. The van der Waals surface area contributed by atoms with Gasteiger partial charge in [0.25, 0.3) is 0 Å². The van der Waals surface area contributed by atoms with Crippen molar-refractivity contribution < 1.29 is 29.0 Å². The van der Waals surface area contributed by atoms with Gasteiger partial charge < -0.3 is 29.4 Å². The number of aliphatic hydroxyl groups excluding tert-OH is 1.